The molecule has 1 aliphatic rings. The molecule has 0 saturated heterocycles. The van der Waals surface area contributed by atoms with Crippen LogP contribution in [0, 0.1) is 0 Å². The molecule has 19 heavy (non-hydrogen) atoms. The molecule has 0 spiro atoms. The van der Waals surface area contributed by atoms with Gasteiger partial charge in [-0.15, -0.1) is 0 Å². The van der Waals surface area contributed by atoms with E-state index in [0.29, 0.717) is 6.04 Å². The molecule has 2 heteroatoms. The van der Waals surface area contributed by atoms with Gasteiger partial charge >= 0.3 is 0 Å². The maximum atomic E-state index is 5.86. The van der Waals surface area contributed by atoms with Gasteiger partial charge in [0, 0.05) is 24.8 Å². The Morgan fingerprint density at radius 1 is 1.16 bits per heavy atom. The summed E-state index contributed by atoms with van der Waals surface area (Å²) in [6.07, 6.45) is 1.14. The zero-order chi connectivity index (χ0) is 13.2. The van der Waals surface area contributed by atoms with Crippen LogP contribution < -0.4 is 5.73 Å². The van der Waals surface area contributed by atoms with E-state index < -0.39 is 0 Å². The van der Waals surface area contributed by atoms with Crippen molar-refractivity contribution in [1.29, 1.82) is 0 Å². The van der Waals surface area contributed by atoms with Gasteiger partial charge in [0.05, 0.1) is 0 Å². The van der Waals surface area contributed by atoms with Crippen molar-refractivity contribution in [3.05, 3.63) is 65.2 Å². The molecule has 0 amide bonds. The van der Waals surface area contributed by atoms with E-state index >= 15 is 0 Å². The Morgan fingerprint density at radius 3 is 2.84 bits per heavy atom. The largest absolute Gasteiger partial charge is 0.399 e. The van der Waals surface area contributed by atoms with Crippen molar-refractivity contribution in [1.82, 2.24) is 4.90 Å². The third kappa shape index (κ3) is 2.49. The van der Waals surface area contributed by atoms with Gasteiger partial charge in [-0.3, -0.25) is 4.90 Å². The summed E-state index contributed by atoms with van der Waals surface area (Å²) in [7, 11) is 0. The van der Waals surface area contributed by atoms with Crippen LogP contribution in [0.15, 0.2) is 48.5 Å². The van der Waals surface area contributed by atoms with Crippen LogP contribution in [0.4, 0.5) is 5.69 Å². The molecule has 0 aliphatic carbocycles. The van der Waals surface area contributed by atoms with Crippen molar-refractivity contribution in [3.8, 4) is 0 Å². The highest BCUT2D eigenvalue weighted by Gasteiger charge is 2.23. The van der Waals surface area contributed by atoms with Crippen molar-refractivity contribution in [2.24, 2.45) is 0 Å². The summed E-state index contributed by atoms with van der Waals surface area (Å²) in [5.41, 5.74) is 11.0. The number of benzene rings is 2. The van der Waals surface area contributed by atoms with Crippen molar-refractivity contribution >= 4 is 5.69 Å². The number of nitrogens with two attached hydrogens (primary N) is 1. The number of nitrogens with zero attached hydrogens (tertiary/aromatic N) is 1. The van der Waals surface area contributed by atoms with Gasteiger partial charge in [0.25, 0.3) is 0 Å². The summed E-state index contributed by atoms with van der Waals surface area (Å²) in [5, 5.41) is 0. The third-order valence-electron chi connectivity index (χ3n) is 4.06. The van der Waals surface area contributed by atoms with Gasteiger partial charge in [0.15, 0.2) is 0 Å². The van der Waals surface area contributed by atoms with Crippen LogP contribution in [0.1, 0.15) is 29.7 Å². The lowest BCUT2D eigenvalue weighted by Crippen LogP contribution is -2.33. The zero-order valence-electron chi connectivity index (χ0n) is 11.3. The second-order valence-corrected chi connectivity index (χ2v) is 5.34. The Morgan fingerprint density at radius 2 is 2.00 bits per heavy atom. The number of nitrogen functional groups attached to an aromatic ring is 1. The minimum atomic E-state index is 0.478. The molecule has 3 rings (SSSR count). The standard InChI is InChI=1S/C17H20N2/c1-13-17-8-3-2-6-15(17)9-10-19(13)12-14-5-4-7-16(18)11-14/h2-8,11,13H,9-10,12,18H2,1H3. The minimum Gasteiger partial charge on any atom is -0.399 e. The molecule has 98 valence electrons. The second-order valence-electron chi connectivity index (χ2n) is 5.34. The van der Waals surface area contributed by atoms with Crippen LogP contribution in [0.3, 0.4) is 0 Å². The van der Waals surface area contributed by atoms with Crippen molar-refractivity contribution < 1.29 is 0 Å². The van der Waals surface area contributed by atoms with Gasteiger partial charge in [-0.05, 0) is 42.2 Å². The van der Waals surface area contributed by atoms with Crippen molar-refractivity contribution in [2.75, 3.05) is 12.3 Å². The van der Waals surface area contributed by atoms with E-state index in [9.17, 15) is 0 Å². The maximum Gasteiger partial charge on any atom is 0.0326 e. The highest BCUT2D eigenvalue weighted by atomic mass is 15.2. The fourth-order valence-electron chi connectivity index (χ4n) is 2.97. The van der Waals surface area contributed by atoms with Gasteiger partial charge < -0.3 is 5.73 Å². The number of hydrogen-bond acceptors (Lipinski definition) is 2. The van der Waals surface area contributed by atoms with Crippen LogP contribution in [0.2, 0.25) is 0 Å². The van der Waals surface area contributed by atoms with Crippen molar-refractivity contribution in [3.63, 3.8) is 0 Å². The molecule has 2 aromatic carbocycles. The average molecular weight is 252 g/mol. The quantitative estimate of drug-likeness (QED) is 0.830. The summed E-state index contributed by atoms with van der Waals surface area (Å²) in [6.45, 7) is 4.39. The van der Waals surface area contributed by atoms with E-state index in [0.717, 1.165) is 25.2 Å². The van der Waals surface area contributed by atoms with E-state index in [1.807, 2.05) is 12.1 Å². The molecule has 0 bridgehead atoms. The van der Waals surface area contributed by atoms with E-state index in [1.165, 1.54) is 16.7 Å². The molecule has 0 fully saturated rings. The number of anilines is 1. The van der Waals surface area contributed by atoms with Crippen molar-refractivity contribution in [2.45, 2.75) is 25.9 Å². The van der Waals surface area contributed by atoms with Crippen LogP contribution >= 0.6 is 0 Å². The number of hydrogen-bond donors (Lipinski definition) is 1. The molecule has 1 atom stereocenters. The Labute approximate surface area is 114 Å². The van der Waals surface area contributed by atoms with E-state index in [4.69, 9.17) is 5.73 Å². The molecule has 2 N–H and O–H groups in total. The summed E-state index contributed by atoms with van der Waals surface area (Å²) in [5.74, 6) is 0. The first kappa shape index (κ1) is 12.2. The van der Waals surface area contributed by atoms with Crippen LogP contribution in [-0.4, -0.2) is 11.4 Å². The van der Waals surface area contributed by atoms with E-state index in [2.05, 4.69) is 48.2 Å². The monoisotopic (exact) mass is 252 g/mol. The van der Waals surface area contributed by atoms with Crippen LogP contribution in [-0.2, 0) is 13.0 Å². The highest BCUT2D eigenvalue weighted by Crippen LogP contribution is 2.30. The molecule has 0 radical (unpaired) electrons. The summed E-state index contributed by atoms with van der Waals surface area (Å²) >= 11 is 0. The lowest BCUT2D eigenvalue weighted by Gasteiger charge is -2.35. The summed E-state index contributed by atoms with van der Waals surface area (Å²) < 4.78 is 0. The summed E-state index contributed by atoms with van der Waals surface area (Å²) in [6, 6.07) is 17.5. The van der Waals surface area contributed by atoms with Gasteiger partial charge in [0.1, 0.15) is 0 Å². The third-order valence-corrected chi connectivity index (χ3v) is 4.06. The second kappa shape index (κ2) is 5.06. The molecule has 1 heterocycles. The first-order valence-corrected chi connectivity index (χ1v) is 6.90. The molecule has 2 aromatic rings. The molecule has 1 unspecified atom stereocenters. The SMILES string of the molecule is CC1c2ccccc2CCN1Cc1cccc(N)c1. The van der Waals surface area contributed by atoms with Crippen LogP contribution in [0.5, 0.6) is 0 Å². The zero-order valence-corrected chi connectivity index (χ0v) is 11.3. The normalized spacial score (nSPS) is 19.1. The fraction of sp³-hybridized carbons (Fsp3) is 0.294. The molecular formula is C17H20N2. The van der Waals surface area contributed by atoms with E-state index in [-0.39, 0.29) is 0 Å². The molecule has 1 aliphatic heterocycles. The first-order chi connectivity index (χ1) is 9.24. The fourth-order valence-corrected chi connectivity index (χ4v) is 2.97. The lowest BCUT2D eigenvalue weighted by atomic mass is 9.93. The average Bonchev–Trinajstić information content (AvgIpc) is 2.42. The predicted molar refractivity (Wildman–Crippen MR) is 79.8 cm³/mol. The Bertz CT molecular complexity index is 577. The van der Waals surface area contributed by atoms with Gasteiger partial charge in [-0.2, -0.15) is 0 Å². The Balaban J connectivity index is 1.81. The lowest BCUT2D eigenvalue weighted by molar-refractivity contribution is 0.190. The van der Waals surface area contributed by atoms with E-state index in [1.54, 1.807) is 0 Å². The predicted octanol–water partition coefficient (Wildman–Crippen LogP) is 3.39. The maximum absolute atomic E-state index is 5.86. The Kier molecular flexibility index (Phi) is 3.26. The topological polar surface area (TPSA) is 29.3 Å². The molecule has 2 nitrogen and oxygen atoms in total. The van der Waals surface area contributed by atoms with Gasteiger partial charge in [-0.1, -0.05) is 36.4 Å². The smallest absolute Gasteiger partial charge is 0.0326 e. The molecule has 0 saturated carbocycles. The molecule has 0 aromatic heterocycles. The molecular weight excluding hydrogens is 232 g/mol. The highest BCUT2D eigenvalue weighted by molar-refractivity contribution is 5.41. The Hall–Kier alpha value is -1.80. The van der Waals surface area contributed by atoms with Gasteiger partial charge in [-0.25, -0.2) is 0 Å². The van der Waals surface area contributed by atoms with Gasteiger partial charge in [0.2, 0.25) is 0 Å². The minimum absolute atomic E-state index is 0.478. The number of fused-ring (bicyclic) bond motifs is 1. The summed E-state index contributed by atoms with van der Waals surface area (Å²) in [4.78, 5) is 2.52. The first-order valence-electron chi connectivity index (χ1n) is 6.90. The van der Waals surface area contributed by atoms with Crippen LogP contribution in [0.25, 0.3) is 0 Å². The number of rotatable bonds is 2.